The Bertz CT molecular complexity index is 481. The molecule has 0 saturated carbocycles. The minimum Gasteiger partial charge on any atom is -0.356 e. The van der Waals surface area contributed by atoms with Crippen LogP contribution in [0.2, 0.25) is 0 Å². The van der Waals surface area contributed by atoms with Gasteiger partial charge in [-0.15, -0.1) is 0 Å². The fraction of sp³-hybridized carbons (Fsp3) is 0.417. The summed E-state index contributed by atoms with van der Waals surface area (Å²) in [6.07, 6.45) is 6.70. The van der Waals surface area contributed by atoms with Crippen molar-refractivity contribution in [2.45, 2.75) is 19.8 Å². The lowest BCUT2D eigenvalue weighted by molar-refractivity contribution is 0.923. The van der Waals surface area contributed by atoms with Crippen molar-refractivity contribution in [3.63, 3.8) is 0 Å². The van der Waals surface area contributed by atoms with Crippen LogP contribution in [0.15, 0.2) is 24.5 Å². The standard InChI is InChI=1S/C12H15N3/c1-10-5-4-8-15-11(9-13-12(10)15)14-6-2-3-7-14/h4-5,8-9H,2-3,6-7H2,1H3. The molecule has 3 nitrogen and oxygen atoms in total. The Morgan fingerprint density at radius 3 is 2.87 bits per heavy atom. The van der Waals surface area contributed by atoms with E-state index in [-0.39, 0.29) is 0 Å². The van der Waals surface area contributed by atoms with Crippen molar-refractivity contribution >= 4 is 11.5 Å². The molecule has 0 radical (unpaired) electrons. The van der Waals surface area contributed by atoms with Gasteiger partial charge in [0.25, 0.3) is 0 Å². The predicted molar refractivity (Wildman–Crippen MR) is 61.4 cm³/mol. The van der Waals surface area contributed by atoms with Crippen molar-refractivity contribution in [3.05, 3.63) is 30.1 Å². The molecule has 0 N–H and O–H groups in total. The van der Waals surface area contributed by atoms with Crippen LogP contribution in [0.5, 0.6) is 0 Å². The highest BCUT2D eigenvalue weighted by Crippen LogP contribution is 2.22. The van der Waals surface area contributed by atoms with Crippen LogP contribution < -0.4 is 4.90 Å². The van der Waals surface area contributed by atoms with E-state index in [9.17, 15) is 0 Å². The number of rotatable bonds is 1. The quantitative estimate of drug-likeness (QED) is 0.705. The average Bonchev–Trinajstić information content (AvgIpc) is 2.85. The number of nitrogens with zero attached hydrogens (tertiary/aromatic N) is 3. The van der Waals surface area contributed by atoms with Crippen LogP contribution in [0.1, 0.15) is 18.4 Å². The van der Waals surface area contributed by atoms with Crippen molar-refractivity contribution in [2.75, 3.05) is 18.0 Å². The van der Waals surface area contributed by atoms with Crippen LogP contribution in [0.4, 0.5) is 5.82 Å². The molecule has 78 valence electrons. The van der Waals surface area contributed by atoms with Gasteiger partial charge >= 0.3 is 0 Å². The van der Waals surface area contributed by atoms with Crippen LogP contribution in [0.25, 0.3) is 5.65 Å². The van der Waals surface area contributed by atoms with E-state index in [1.54, 1.807) is 0 Å². The Morgan fingerprint density at radius 2 is 2.07 bits per heavy atom. The molecule has 1 aliphatic rings. The number of pyridine rings is 1. The summed E-state index contributed by atoms with van der Waals surface area (Å²) in [4.78, 5) is 6.90. The number of anilines is 1. The van der Waals surface area contributed by atoms with Crippen molar-refractivity contribution in [3.8, 4) is 0 Å². The molecule has 0 atom stereocenters. The van der Waals surface area contributed by atoms with E-state index in [1.807, 2.05) is 6.20 Å². The number of imidazole rings is 1. The van der Waals surface area contributed by atoms with Crippen molar-refractivity contribution < 1.29 is 0 Å². The lowest BCUT2D eigenvalue weighted by atomic mass is 10.3. The fourth-order valence-corrected chi connectivity index (χ4v) is 2.32. The third-order valence-corrected chi connectivity index (χ3v) is 3.14. The molecular weight excluding hydrogens is 186 g/mol. The lowest BCUT2D eigenvalue weighted by Gasteiger charge is -2.16. The molecule has 2 aromatic rings. The van der Waals surface area contributed by atoms with Gasteiger partial charge < -0.3 is 4.90 Å². The van der Waals surface area contributed by atoms with E-state index in [2.05, 4.69) is 39.5 Å². The Kier molecular flexibility index (Phi) is 1.91. The highest BCUT2D eigenvalue weighted by molar-refractivity contribution is 5.56. The van der Waals surface area contributed by atoms with Gasteiger partial charge in [-0.2, -0.15) is 0 Å². The van der Waals surface area contributed by atoms with Gasteiger partial charge in [-0.25, -0.2) is 4.98 Å². The van der Waals surface area contributed by atoms with Gasteiger partial charge in [-0.1, -0.05) is 6.07 Å². The van der Waals surface area contributed by atoms with Crippen LogP contribution in [0.3, 0.4) is 0 Å². The summed E-state index contributed by atoms with van der Waals surface area (Å²) in [6, 6.07) is 4.19. The second-order valence-electron chi connectivity index (χ2n) is 4.20. The first-order valence-electron chi connectivity index (χ1n) is 5.54. The number of hydrogen-bond acceptors (Lipinski definition) is 2. The molecule has 0 aliphatic carbocycles. The van der Waals surface area contributed by atoms with E-state index in [4.69, 9.17) is 0 Å². The predicted octanol–water partition coefficient (Wildman–Crippen LogP) is 2.24. The van der Waals surface area contributed by atoms with Gasteiger partial charge in [0, 0.05) is 19.3 Å². The molecule has 3 heteroatoms. The summed E-state index contributed by atoms with van der Waals surface area (Å²) in [7, 11) is 0. The molecule has 0 aromatic carbocycles. The molecule has 0 bridgehead atoms. The summed E-state index contributed by atoms with van der Waals surface area (Å²) in [5.74, 6) is 1.24. The molecule has 3 heterocycles. The molecule has 0 spiro atoms. The highest BCUT2D eigenvalue weighted by atomic mass is 15.2. The zero-order valence-corrected chi connectivity index (χ0v) is 8.98. The van der Waals surface area contributed by atoms with Gasteiger partial charge in [0.05, 0.1) is 6.20 Å². The zero-order valence-electron chi connectivity index (χ0n) is 8.98. The smallest absolute Gasteiger partial charge is 0.141 e. The van der Waals surface area contributed by atoms with E-state index in [0.29, 0.717) is 0 Å². The maximum absolute atomic E-state index is 4.48. The van der Waals surface area contributed by atoms with Crippen LogP contribution in [-0.2, 0) is 0 Å². The Balaban J connectivity index is 2.15. The summed E-state index contributed by atoms with van der Waals surface area (Å²) in [5.41, 5.74) is 2.32. The van der Waals surface area contributed by atoms with Crippen LogP contribution in [-0.4, -0.2) is 22.5 Å². The minimum absolute atomic E-state index is 1.08. The third kappa shape index (κ3) is 1.30. The molecule has 2 aromatic heterocycles. The molecule has 0 amide bonds. The molecule has 1 saturated heterocycles. The minimum atomic E-state index is 1.08. The zero-order chi connectivity index (χ0) is 10.3. The van der Waals surface area contributed by atoms with Crippen molar-refractivity contribution in [2.24, 2.45) is 0 Å². The molecule has 3 rings (SSSR count). The van der Waals surface area contributed by atoms with Crippen LogP contribution in [0, 0.1) is 6.92 Å². The van der Waals surface area contributed by atoms with Crippen molar-refractivity contribution in [1.29, 1.82) is 0 Å². The Hall–Kier alpha value is -1.51. The van der Waals surface area contributed by atoms with Crippen LogP contribution >= 0.6 is 0 Å². The number of hydrogen-bond donors (Lipinski definition) is 0. The molecule has 15 heavy (non-hydrogen) atoms. The first kappa shape index (κ1) is 8.77. The maximum Gasteiger partial charge on any atom is 0.141 e. The lowest BCUT2D eigenvalue weighted by Crippen LogP contribution is -2.19. The first-order chi connectivity index (χ1) is 7.36. The van der Waals surface area contributed by atoms with Gasteiger partial charge in [0.1, 0.15) is 11.5 Å². The second-order valence-corrected chi connectivity index (χ2v) is 4.20. The van der Waals surface area contributed by atoms with Gasteiger partial charge in [-0.3, -0.25) is 4.40 Å². The Labute approximate surface area is 89.3 Å². The normalized spacial score (nSPS) is 16.5. The summed E-state index contributed by atoms with van der Waals surface area (Å²) >= 11 is 0. The molecular formula is C12H15N3. The van der Waals surface area contributed by atoms with E-state index in [0.717, 1.165) is 5.65 Å². The number of fused-ring (bicyclic) bond motifs is 1. The molecule has 1 fully saturated rings. The maximum atomic E-state index is 4.48. The number of aryl methyl sites for hydroxylation is 1. The van der Waals surface area contributed by atoms with E-state index < -0.39 is 0 Å². The molecule has 1 aliphatic heterocycles. The second kappa shape index (κ2) is 3.26. The van der Waals surface area contributed by atoms with E-state index >= 15 is 0 Å². The monoisotopic (exact) mass is 201 g/mol. The van der Waals surface area contributed by atoms with E-state index in [1.165, 1.54) is 37.3 Å². The highest BCUT2D eigenvalue weighted by Gasteiger charge is 2.16. The SMILES string of the molecule is Cc1cccn2c(N3CCCC3)cnc12. The summed E-state index contributed by atoms with van der Waals surface area (Å²) in [6.45, 7) is 4.44. The first-order valence-corrected chi connectivity index (χ1v) is 5.54. The van der Waals surface area contributed by atoms with Gasteiger partial charge in [-0.05, 0) is 31.4 Å². The average molecular weight is 201 g/mol. The summed E-state index contributed by atoms with van der Waals surface area (Å²) in [5, 5.41) is 0. The largest absolute Gasteiger partial charge is 0.356 e. The fourth-order valence-electron chi connectivity index (χ4n) is 2.32. The topological polar surface area (TPSA) is 20.5 Å². The van der Waals surface area contributed by atoms with Gasteiger partial charge in [0.2, 0.25) is 0 Å². The molecule has 0 unspecified atom stereocenters. The summed E-state index contributed by atoms with van der Waals surface area (Å²) < 4.78 is 2.20. The number of aromatic nitrogens is 2. The van der Waals surface area contributed by atoms with Gasteiger partial charge in [0.15, 0.2) is 0 Å². The Morgan fingerprint density at radius 1 is 1.27 bits per heavy atom. The van der Waals surface area contributed by atoms with Crippen molar-refractivity contribution in [1.82, 2.24) is 9.38 Å². The third-order valence-electron chi connectivity index (χ3n) is 3.14.